The Hall–Kier alpha value is -3.06. The zero-order chi connectivity index (χ0) is 21.7. The van der Waals surface area contributed by atoms with Gasteiger partial charge in [-0.05, 0) is 58.7 Å². The topological polar surface area (TPSA) is 4.93 Å². The van der Waals surface area contributed by atoms with Crippen LogP contribution in [0.4, 0.5) is 0 Å². The van der Waals surface area contributed by atoms with E-state index in [4.69, 9.17) is 0 Å². The van der Waals surface area contributed by atoms with E-state index in [1.54, 1.807) is 0 Å². The van der Waals surface area contributed by atoms with E-state index in [1.807, 2.05) is 39.8 Å². The van der Waals surface area contributed by atoms with Crippen molar-refractivity contribution in [3.63, 3.8) is 0 Å². The van der Waals surface area contributed by atoms with E-state index < -0.39 is 0 Å². The Labute approximate surface area is 181 Å². The van der Waals surface area contributed by atoms with Gasteiger partial charge in [0.25, 0.3) is 0 Å². The fourth-order valence-corrected chi connectivity index (χ4v) is 4.48. The number of benzene rings is 3. The molecule has 3 aromatic carbocycles. The summed E-state index contributed by atoms with van der Waals surface area (Å²) < 4.78 is 2.44. The summed E-state index contributed by atoms with van der Waals surface area (Å²) >= 11 is 0. The van der Waals surface area contributed by atoms with Gasteiger partial charge in [0.05, 0.1) is 11.6 Å². The van der Waals surface area contributed by atoms with Crippen molar-refractivity contribution in [3.8, 4) is 0 Å². The molecule has 0 saturated carbocycles. The van der Waals surface area contributed by atoms with E-state index in [1.165, 1.54) is 43.7 Å². The fraction of sp³-hybridized carbons (Fsp3) is 0.241. The Morgan fingerprint density at radius 1 is 0.867 bits per heavy atom. The van der Waals surface area contributed by atoms with E-state index in [0.717, 1.165) is 12.8 Å². The molecule has 1 unspecified atom stereocenters. The summed E-state index contributed by atoms with van der Waals surface area (Å²) in [5.41, 5.74) is 3.64. The van der Waals surface area contributed by atoms with Gasteiger partial charge in [-0.25, -0.2) is 0 Å². The van der Waals surface area contributed by atoms with Crippen LogP contribution in [0.1, 0.15) is 57.8 Å². The third-order valence-corrected chi connectivity index (χ3v) is 5.64. The monoisotopic (exact) mass is 395 g/mol. The molecule has 0 spiro atoms. The highest BCUT2D eigenvalue weighted by Gasteiger charge is 2.21. The van der Waals surface area contributed by atoms with Gasteiger partial charge >= 0.3 is 0 Å². The first-order valence-electron chi connectivity index (χ1n) is 11.2. The Bertz CT molecular complexity index is 1220. The zero-order valence-corrected chi connectivity index (χ0v) is 18.8. The molecule has 1 aliphatic rings. The third kappa shape index (κ3) is 3.50. The lowest BCUT2D eigenvalue weighted by molar-refractivity contribution is 0.606. The van der Waals surface area contributed by atoms with Gasteiger partial charge in [0.15, 0.2) is 0 Å². The second kappa shape index (κ2) is 9.63. The predicted octanol–water partition coefficient (Wildman–Crippen LogP) is 9.18. The van der Waals surface area contributed by atoms with Crippen LogP contribution in [0.3, 0.4) is 0 Å². The molecule has 1 aromatic heterocycles. The van der Waals surface area contributed by atoms with Gasteiger partial charge in [-0.15, -0.1) is 0 Å². The summed E-state index contributed by atoms with van der Waals surface area (Å²) in [5, 5.41) is 6.41. The van der Waals surface area contributed by atoms with Crippen LogP contribution in [0.5, 0.6) is 0 Å². The van der Waals surface area contributed by atoms with Crippen molar-refractivity contribution in [1.82, 2.24) is 4.57 Å². The molecule has 1 nitrogen and oxygen atoms in total. The SMILES string of the molecule is C=Cc1c(C=C)n(C2C=CCC2)c2ccc3cc4ccccc4cc3c12.CC.CC. The van der Waals surface area contributed by atoms with Crippen LogP contribution in [-0.2, 0) is 0 Å². The van der Waals surface area contributed by atoms with Crippen LogP contribution in [0.15, 0.2) is 73.8 Å². The number of hydrogen-bond acceptors (Lipinski definition) is 0. The highest BCUT2D eigenvalue weighted by atomic mass is 15.0. The number of nitrogens with zero attached hydrogens (tertiary/aromatic N) is 1. The summed E-state index contributed by atoms with van der Waals surface area (Å²) in [4.78, 5) is 0. The second-order valence-electron chi connectivity index (χ2n) is 7.03. The minimum absolute atomic E-state index is 0.400. The first-order chi connectivity index (χ1) is 14.8. The van der Waals surface area contributed by atoms with Gasteiger partial charge in [0, 0.05) is 16.6 Å². The lowest BCUT2D eigenvalue weighted by Crippen LogP contribution is -2.05. The number of fused-ring (bicyclic) bond motifs is 4. The van der Waals surface area contributed by atoms with Gasteiger partial charge in [0.2, 0.25) is 0 Å². The van der Waals surface area contributed by atoms with Gasteiger partial charge in [-0.2, -0.15) is 0 Å². The van der Waals surface area contributed by atoms with E-state index >= 15 is 0 Å². The Kier molecular flexibility index (Phi) is 6.95. The van der Waals surface area contributed by atoms with Crippen LogP contribution in [0, 0.1) is 0 Å². The van der Waals surface area contributed by atoms with Crippen LogP contribution in [0.2, 0.25) is 0 Å². The maximum Gasteiger partial charge on any atom is 0.0525 e. The van der Waals surface area contributed by atoms with Gasteiger partial charge in [-0.1, -0.05) is 89.4 Å². The van der Waals surface area contributed by atoms with Gasteiger partial charge in [-0.3, -0.25) is 0 Å². The average molecular weight is 396 g/mol. The normalized spacial score (nSPS) is 14.9. The number of hydrogen-bond donors (Lipinski definition) is 0. The summed E-state index contributed by atoms with van der Waals surface area (Å²) in [6.45, 7) is 16.2. The Balaban J connectivity index is 0.000000606. The molecule has 0 bridgehead atoms. The van der Waals surface area contributed by atoms with Crippen molar-refractivity contribution in [2.45, 2.75) is 46.6 Å². The molecule has 1 heterocycles. The second-order valence-corrected chi connectivity index (χ2v) is 7.03. The number of rotatable bonds is 3. The molecule has 0 saturated heterocycles. The summed E-state index contributed by atoms with van der Waals surface area (Å²) in [6, 6.07) is 18.1. The summed E-state index contributed by atoms with van der Waals surface area (Å²) in [5.74, 6) is 0. The van der Waals surface area contributed by atoms with E-state index in [9.17, 15) is 0 Å². The molecule has 1 atom stereocenters. The third-order valence-electron chi connectivity index (χ3n) is 5.64. The molecule has 0 N–H and O–H groups in total. The van der Waals surface area contributed by atoms with Crippen molar-refractivity contribution >= 4 is 44.6 Å². The van der Waals surface area contributed by atoms with Crippen LogP contribution >= 0.6 is 0 Å². The van der Waals surface area contributed by atoms with Crippen molar-refractivity contribution in [2.75, 3.05) is 0 Å². The molecule has 0 radical (unpaired) electrons. The largest absolute Gasteiger partial charge is 0.333 e. The maximum absolute atomic E-state index is 4.12. The van der Waals surface area contributed by atoms with E-state index in [-0.39, 0.29) is 0 Å². The predicted molar refractivity (Wildman–Crippen MR) is 137 cm³/mol. The molecular weight excluding hydrogens is 362 g/mol. The zero-order valence-electron chi connectivity index (χ0n) is 18.8. The number of aromatic nitrogens is 1. The summed E-state index contributed by atoms with van der Waals surface area (Å²) in [6.07, 6.45) is 10.9. The first-order valence-corrected chi connectivity index (χ1v) is 11.2. The average Bonchev–Trinajstić information content (AvgIpc) is 3.45. The summed E-state index contributed by atoms with van der Waals surface area (Å²) in [7, 11) is 0. The lowest BCUT2D eigenvalue weighted by Gasteiger charge is -2.15. The highest BCUT2D eigenvalue weighted by Crippen LogP contribution is 2.39. The smallest absolute Gasteiger partial charge is 0.0525 e. The Morgan fingerprint density at radius 2 is 1.57 bits per heavy atom. The lowest BCUT2D eigenvalue weighted by atomic mass is 9.98. The van der Waals surface area contributed by atoms with Crippen LogP contribution < -0.4 is 0 Å². The molecule has 5 rings (SSSR count). The van der Waals surface area contributed by atoms with E-state index in [0.29, 0.717) is 6.04 Å². The molecule has 30 heavy (non-hydrogen) atoms. The van der Waals surface area contributed by atoms with Crippen LogP contribution in [-0.4, -0.2) is 4.57 Å². The van der Waals surface area contributed by atoms with Gasteiger partial charge < -0.3 is 4.57 Å². The standard InChI is InChI=1S/C25H21N.2C2H6/c1-3-21-23(4-2)26(20-11-7-8-12-20)24-14-13-19-15-17-9-5-6-10-18(17)16-22(19)25(21)24;2*1-2/h3-7,9-11,13-16,20H,1-2,8,12H2;2*1-2H3. The fourth-order valence-electron chi connectivity index (χ4n) is 4.48. The van der Waals surface area contributed by atoms with Crippen molar-refractivity contribution < 1.29 is 0 Å². The Morgan fingerprint density at radius 3 is 2.17 bits per heavy atom. The molecule has 0 fully saturated rings. The van der Waals surface area contributed by atoms with Crippen LogP contribution in [0.25, 0.3) is 44.6 Å². The molecule has 1 aliphatic carbocycles. The minimum atomic E-state index is 0.400. The molecule has 0 aliphatic heterocycles. The van der Waals surface area contributed by atoms with Crippen molar-refractivity contribution in [3.05, 3.63) is 85.1 Å². The first kappa shape index (κ1) is 21.6. The minimum Gasteiger partial charge on any atom is -0.333 e. The molecule has 0 amide bonds. The molecule has 4 aromatic rings. The molecule has 1 heteroatoms. The number of allylic oxidation sites excluding steroid dienone is 2. The van der Waals surface area contributed by atoms with E-state index in [2.05, 4.69) is 78.4 Å². The maximum atomic E-state index is 4.12. The molecule has 154 valence electrons. The molecular formula is C29H33N. The highest BCUT2D eigenvalue weighted by molar-refractivity contribution is 6.15. The van der Waals surface area contributed by atoms with Gasteiger partial charge in [0.1, 0.15) is 0 Å². The quantitative estimate of drug-likeness (QED) is 0.241. The van der Waals surface area contributed by atoms with Crippen molar-refractivity contribution in [1.29, 1.82) is 0 Å². The van der Waals surface area contributed by atoms with Crippen molar-refractivity contribution in [2.24, 2.45) is 0 Å².